The van der Waals surface area contributed by atoms with Gasteiger partial charge < -0.3 is 10.1 Å². The summed E-state index contributed by atoms with van der Waals surface area (Å²) < 4.78 is 5.54. The molecule has 0 saturated carbocycles. The lowest BCUT2D eigenvalue weighted by Crippen LogP contribution is -2.26. The van der Waals surface area contributed by atoms with Crippen LogP contribution in [0.2, 0.25) is 0 Å². The molecular formula is C25H24N2O2. The van der Waals surface area contributed by atoms with Crippen LogP contribution < -0.4 is 5.32 Å². The predicted molar refractivity (Wildman–Crippen MR) is 116 cm³/mol. The molecule has 146 valence electrons. The average Bonchev–Trinajstić information content (AvgIpc) is 3.06. The van der Waals surface area contributed by atoms with Crippen molar-refractivity contribution in [2.75, 3.05) is 13.2 Å². The second-order valence-electron chi connectivity index (χ2n) is 7.17. The number of alkyl carbamates (subject to hydrolysis) is 1. The van der Waals surface area contributed by atoms with Crippen molar-refractivity contribution >= 4 is 12.2 Å². The van der Waals surface area contributed by atoms with Crippen LogP contribution in [0.1, 0.15) is 34.7 Å². The van der Waals surface area contributed by atoms with Gasteiger partial charge in [0.05, 0.1) is 0 Å². The summed E-state index contributed by atoms with van der Waals surface area (Å²) in [4.78, 5) is 16.3. The van der Waals surface area contributed by atoms with Gasteiger partial charge in [-0.2, -0.15) is 0 Å². The molecule has 1 aliphatic rings. The molecule has 0 unspecified atom stereocenters. The largest absolute Gasteiger partial charge is 0.449 e. The summed E-state index contributed by atoms with van der Waals surface area (Å²) >= 11 is 0. The highest BCUT2D eigenvalue weighted by Crippen LogP contribution is 2.44. The zero-order valence-corrected chi connectivity index (χ0v) is 16.5. The molecule has 29 heavy (non-hydrogen) atoms. The highest BCUT2D eigenvalue weighted by molar-refractivity contribution is 5.79. The van der Waals surface area contributed by atoms with Gasteiger partial charge in [0, 0.05) is 24.4 Å². The Morgan fingerprint density at radius 3 is 2.45 bits per heavy atom. The van der Waals surface area contributed by atoms with Crippen LogP contribution in [0.3, 0.4) is 0 Å². The molecule has 4 nitrogen and oxygen atoms in total. The predicted octanol–water partition coefficient (Wildman–Crippen LogP) is 5.33. The van der Waals surface area contributed by atoms with E-state index < -0.39 is 0 Å². The molecule has 0 saturated heterocycles. The molecule has 0 bridgehead atoms. The molecular weight excluding hydrogens is 360 g/mol. The second kappa shape index (κ2) is 8.74. The topological polar surface area (TPSA) is 51.2 Å². The number of aryl methyl sites for hydroxylation is 1. The van der Waals surface area contributed by atoms with Crippen molar-refractivity contribution in [1.29, 1.82) is 0 Å². The summed E-state index contributed by atoms with van der Waals surface area (Å²) in [6.45, 7) is 2.85. The van der Waals surface area contributed by atoms with Crippen LogP contribution >= 0.6 is 0 Å². The van der Waals surface area contributed by atoms with Gasteiger partial charge in [-0.1, -0.05) is 60.7 Å². The Kier molecular flexibility index (Phi) is 5.71. The minimum absolute atomic E-state index is 0.0861. The van der Waals surface area contributed by atoms with E-state index in [0.717, 1.165) is 17.7 Å². The Morgan fingerprint density at radius 2 is 1.76 bits per heavy atom. The van der Waals surface area contributed by atoms with Crippen LogP contribution in [-0.4, -0.2) is 24.2 Å². The SMILES string of the molecule is Cc1cc(C=CCCNC(=O)OCC2c3ccccc3-c3ccccc32)ccn1. The monoisotopic (exact) mass is 384 g/mol. The normalized spacial score (nSPS) is 12.6. The van der Waals surface area contributed by atoms with E-state index in [2.05, 4.69) is 34.6 Å². The number of rotatable bonds is 6. The Morgan fingerprint density at radius 1 is 1.07 bits per heavy atom. The first kappa shape index (κ1) is 18.9. The summed E-state index contributed by atoms with van der Waals surface area (Å²) in [6.07, 6.45) is 6.24. The minimum atomic E-state index is -0.375. The fourth-order valence-electron chi connectivity index (χ4n) is 3.80. The summed E-state index contributed by atoms with van der Waals surface area (Å²) in [5.74, 6) is 0.0861. The standard InChI is InChI=1S/C25H24N2O2/c1-18-16-19(13-15-26-18)8-6-7-14-27-25(28)29-17-24-22-11-4-2-9-20(22)21-10-3-5-12-23(21)24/h2-6,8-13,15-16,24H,7,14,17H2,1H3,(H,27,28). The van der Waals surface area contributed by atoms with E-state index >= 15 is 0 Å². The minimum Gasteiger partial charge on any atom is -0.449 e. The number of nitrogens with one attached hydrogen (secondary N) is 1. The molecule has 1 heterocycles. The van der Waals surface area contributed by atoms with Crippen molar-refractivity contribution in [2.45, 2.75) is 19.3 Å². The summed E-state index contributed by atoms with van der Waals surface area (Å²) in [7, 11) is 0. The number of fused-ring (bicyclic) bond motifs is 3. The van der Waals surface area contributed by atoms with Gasteiger partial charge in [-0.15, -0.1) is 0 Å². The van der Waals surface area contributed by atoms with Crippen molar-refractivity contribution < 1.29 is 9.53 Å². The van der Waals surface area contributed by atoms with Gasteiger partial charge in [0.1, 0.15) is 6.61 Å². The molecule has 0 atom stereocenters. The molecule has 0 spiro atoms. The molecule has 2 aromatic carbocycles. The number of hydrogen-bond acceptors (Lipinski definition) is 3. The van der Waals surface area contributed by atoms with Gasteiger partial charge in [-0.3, -0.25) is 4.98 Å². The van der Waals surface area contributed by atoms with Crippen molar-refractivity contribution in [3.63, 3.8) is 0 Å². The van der Waals surface area contributed by atoms with Gasteiger partial charge >= 0.3 is 6.09 Å². The van der Waals surface area contributed by atoms with E-state index in [1.54, 1.807) is 6.20 Å². The van der Waals surface area contributed by atoms with E-state index in [1.807, 2.05) is 55.5 Å². The number of amides is 1. The molecule has 4 rings (SSSR count). The van der Waals surface area contributed by atoms with Crippen molar-refractivity contribution in [3.8, 4) is 11.1 Å². The Hall–Kier alpha value is -3.40. The lowest BCUT2D eigenvalue weighted by Gasteiger charge is -2.14. The zero-order chi connectivity index (χ0) is 20.1. The molecule has 0 fully saturated rings. The third-order valence-corrected chi connectivity index (χ3v) is 5.16. The van der Waals surface area contributed by atoms with Crippen LogP contribution in [0.25, 0.3) is 17.2 Å². The molecule has 1 aliphatic carbocycles. The van der Waals surface area contributed by atoms with E-state index in [0.29, 0.717) is 13.2 Å². The number of hydrogen-bond donors (Lipinski definition) is 1. The number of nitrogens with zero attached hydrogens (tertiary/aromatic N) is 1. The van der Waals surface area contributed by atoms with Gasteiger partial charge in [0.2, 0.25) is 0 Å². The lowest BCUT2D eigenvalue weighted by atomic mass is 9.98. The van der Waals surface area contributed by atoms with Crippen LogP contribution in [0.4, 0.5) is 4.79 Å². The molecule has 3 aromatic rings. The van der Waals surface area contributed by atoms with E-state index in [9.17, 15) is 4.79 Å². The van der Waals surface area contributed by atoms with E-state index in [1.165, 1.54) is 22.3 Å². The molecule has 0 aliphatic heterocycles. The first-order chi connectivity index (χ1) is 14.2. The smallest absolute Gasteiger partial charge is 0.407 e. The molecule has 1 N–H and O–H groups in total. The fourth-order valence-corrected chi connectivity index (χ4v) is 3.80. The molecule has 1 aromatic heterocycles. The second-order valence-corrected chi connectivity index (χ2v) is 7.17. The van der Waals surface area contributed by atoms with Crippen LogP contribution in [-0.2, 0) is 4.74 Å². The lowest BCUT2D eigenvalue weighted by molar-refractivity contribution is 0.143. The third kappa shape index (κ3) is 4.37. The van der Waals surface area contributed by atoms with Crippen molar-refractivity contribution in [2.24, 2.45) is 0 Å². The number of carbonyl (C=O) groups is 1. The van der Waals surface area contributed by atoms with E-state index in [4.69, 9.17) is 4.74 Å². The van der Waals surface area contributed by atoms with Crippen LogP contribution in [0.5, 0.6) is 0 Å². The van der Waals surface area contributed by atoms with Crippen molar-refractivity contribution in [3.05, 3.63) is 95.3 Å². The van der Waals surface area contributed by atoms with Gasteiger partial charge in [0.15, 0.2) is 0 Å². The number of benzene rings is 2. The van der Waals surface area contributed by atoms with Gasteiger partial charge in [0.25, 0.3) is 0 Å². The maximum Gasteiger partial charge on any atom is 0.407 e. The summed E-state index contributed by atoms with van der Waals surface area (Å²) in [5.41, 5.74) is 7.00. The summed E-state index contributed by atoms with van der Waals surface area (Å²) in [5, 5.41) is 2.83. The number of carbonyl (C=O) groups excluding carboxylic acids is 1. The Labute approximate surface area is 171 Å². The third-order valence-electron chi connectivity index (χ3n) is 5.16. The number of ether oxygens (including phenoxy) is 1. The number of pyridine rings is 1. The Bertz CT molecular complexity index is 997. The Balaban J connectivity index is 1.28. The van der Waals surface area contributed by atoms with E-state index in [-0.39, 0.29) is 12.0 Å². The first-order valence-corrected chi connectivity index (χ1v) is 9.90. The molecule has 4 heteroatoms. The quantitative estimate of drug-likeness (QED) is 0.584. The van der Waals surface area contributed by atoms with Crippen molar-refractivity contribution in [1.82, 2.24) is 10.3 Å². The molecule has 0 radical (unpaired) electrons. The average molecular weight is 384 g/mol. The molecule has 1 amide bonds. The zero-order valence-electron chi connectivity index (χ0n) is 16.5. The van der Waals surface area contributed by atoms with Crippen LogP contribution in [0, 0.1) is 6.92 Å². The van der Waals surface area contributed by atoms with Crippen LogP contribution in [0.15, 0.2) is 72.9 Å². The van der Waals surface area contributed by atoms with Gasteiger partial charge in [-0.05, 0) is 53.3 Å². The first-order valence-electron chi connectivity index (χ1n) is 9.90. The summed E-state index contributed by atoms with van der Waals surface area (Å²) in [6, 6.07) is 20.6. The highest BCUT2D eigenvalue weighted by atomic mass is 16.5. The fraction of sp³-hybridized carbons (Fsp3) is 0.200. The maximum absolute atomic E-state index is 12.1. The number of aromatic nitrogens is 1. The van der Waals surface area contributed by atoms with Gasteiger partial charge in [-0.25, -0.2) is 4.79 Å². The maximum atomic E-state index is 12.1. The highest BCUT2D eigenvalue weighted by Gasteiger charge is 2.28.